The zero-order chi connectivity index (χ0) is 11.0. The third-order valence-corrected chi connectivity index (χ3v) is 2.52. The molecule has 0 saturated heterocycles. The fourth-order valence-corrected chi connectivity index (χ4v) is 1.53. The molecule has 2 atom stereocenters. The number of rotatable bonds is 0. The van der Waals surface area contributed by atoms with E-state index in [1.54, 1.807) is 6.92 Å². The fourth-order valence-electron chi connectivity index (χ4n) is 1.53. The number of nitrogens with one attached hydrogen (secondary N) is 1. The van der Waals surface area contributed by atoms with Crippen molar-refractivity contribution in [3.05, 3.63) is 23.8 Å². The standard InChI is InChI=1S/C11H14N2O2/c1-6-3-4-8-9(5-6)15-7(2)10(12)11(14)13-8/h3-5,7,10H,12H2,1-2H3,(H,13,14). The Kier molecular flexibility index (Phi) is 2.36. The Labute approximate surface area is 88.4 Å². The Morgan fingerprint density at radius 2 is 2.20 bits per heavy atom. The number of hydrogen-bond donors (Lipinski definition) is 2. The molecule has 2 unspecified atom stereocenters. The van der Waals surface area contributed by atoms with E-state index in [0.29, 0.717) is 11.4 Å². The Morgan fingerprint density at radius 3 is 2.93 bits per heavy atom. The van der Waals surface area contributed by atoms with Crippen LogP contribution in [-0.2, 0) is 4.79 Å². The van der Waals surface area contributed by atoms with Crippen molar-refractivity contribution < 1.29 is 9.53 Å². The summed E-state index contributed by atoms with van der Waals surface area (Å²) in [4.78, 5) is 11.6. The molecule has 2 rings (SSSR count). The second-order valence-electron chi connectivity index (χ2n) is 3.84. The lowest BCUT2D eigenvalue weighted by molar-refractivity contribution is -0.118. The molecule has 15 heavy (non-hydrogen) atoms. The van der Waals surface area contributed by atoms with Gasteiger partial charge in [-0.25, -0.2) is 0 Å². The van der Waals surface area contributed by atoms with Gasteiger partial charge in [0.05, 0.1) is 5.69 Å². The van der Waals surface area contributed by atoms with Gasteiger partial charge >= 0.3 is 0 Å². The Bertz CT molecular complexity index is 404. The molecule has 4 nitrogen and oxygen atoms in total. The van der Waals surface area contributed by atoms with Crippen LogP contribution in [0.4, 0.5) is 5.69 Å². The molecule has 0 radical (unpaired) electrons. The summed E-state index contributed by atoms with van der Waals surface area (Å²) in [6.07, 6.45) is -0.312. The third-order valence-electron chi connectivity index (χ3n) is 2.52. The van der Waals surface area contributed by atoms with Gasteiger partial charge in [-0.05, 0) is 31.5 Å². The molecule has 1 aliphatic heterocycles. The highest BCUT2D eigenvalue weighted by Gasteiger charge is 2.27. The topological polar surface area (TPSA) is 64.3 Å². The highest BCUT2D eigenvalue weighted by atomic mass is 16.5. The lowest BCUT2D eigenvalue weighted by Crippen LogP contribution is -2.44. The van der Waals surface area contributed by atoms with Gasteiger partial charge in [0.15, 0.2) is 0 Å². The highest BCUT2D eigenvalue weighted by molar-refractivity contribution is 5.97. The molecule has 0 bridgehead atoms. The van der Waals surface area contributed by atoms with Crippen molar-refractivity contribution >= 4 is 11.6 Å². The van der Waals surface area contributed by atoms with Gasteiger partial charge in [-0.15, -0.1) is 0 Å². The predicted molar refractivity (Wildman–Crippen MR) is 57.9 cm³/mol. The van der Waals surface area contributed by atoms with Crippen molar-refractivity contribution in [1.29, 1.82) is 0 Å². The van der Waals surface area contributed by atoms with Crippen LogP contribution in [0.3, 0.4) is 0 Å². The number of ether oxygens (including phenoxy) is 1. The molecule has 0 saturated carbocycles. The third kappa shape index (κ3) is 1.80. The van der Waals surface area contributed by atoms with Crippen molar-refractivity contribution in [3.63, 3.8) is 0 Å². The van der Waals surface area contributed by atoms with E-state index in [9.17, 15) is 4.79 Å². The lowest BCUT2D eigenvalue weighted by atomic mass is 10.2. The smallest absolute Gasteiger partial charge is 0.245 e. The van der Waals surface area contributed by atoms with Gasteiger partial charge in [0, 0.05) is 0 Å². The number of hydrogen-bond acceptors (Lipinski definition) is 3. The van der Waals surface area contributed by atoms with Gasteiger partial charge in [-0.3, -0.25) is 4.79 Å². The predicted octanol–water partition coefficient (Wildman–Crippen LogP) is 1.04. The first kappa shape index (κ1) is 9.98. The molecule has 0 fully saturated rings. The minimum Gasteiger partial charge on any atom is -0.486 e. The Morgan fingerprint density at radius 1 is 1.47 bits per heavy atom. The average Bonchev–Trinajstić information content (AvgIpc) is 2.29. The van der Waals surface area contributed by atoms with Crippen LogP contribution < -0.4 is 15.8 Å². The zero-order valence-corrected chi connectivity index (χ0v) is 8.78. The number of anilines is 1. The van der Waals surface area contributed by atoms with Crippen LogP contribution in [-0.4, -0.2) is 18.1 Å². The minimum absolute atomic E-state index is 0.204. The van der Waals surface area contributed by atoms with Crippen LogP contribution >= 0.6 is 0 Å². The zero-order valence-electron chi connectivity index (χ0n) is 8.78. The van der Waals surface area contributed by atoms with Gasteiger partial charge in [0.1, 0.15) is 17.9 Å². The normalized spacial score (nSPS) is 24.9. The minimum atomic E-state index is -0.627. The monoisotopic (exact) mass is 206 g/mol. The summed E-state index contributed by atoms with van der Waals surface area (Å²) in [5.41, 5.74) is 7.48. The summed E-state index contributed by atoms with van der Waals surface area (Å²) < 4.78 is 5.61. The summed E-state index contributed by atoms with van der Waals surface area (Å²) in [7, 11) is 0. The van der Waals surface area contributed by atoms with Gasteiger partial charge in [-0.2, -0.15) is 0 Å². The number of nitrogens with two attached hydrogens (primary N) is 1. The SMILES string of the molecule is Cc1ccc2c(c1)OC(C)C(N)C(=O)N2. The van der Waals surface area contributed by atoms with E-state index in [1.807, 2.05) is 25.1 Å². The number of aryl methyl sites for hydroxylation is 1. The van der Waals surface area contributed by atoms with Crippen LogP contribution in [0, 0.1) is 6.92 Å². The van der Waals surface area contributed by atoms with Crippen LogP contribution in [0.2, 0.25) is 0 Å². The molecule has 80 valence electrons. The van der Waals surface area contributed by atoms with Gasteiger partial charge in [0.25, 0.3) is 0 Å². The van der Waals surface area contributed by atoms with Crippen LogP contribution in [0.1, 0.15) is 12.5 Å². The number of amides is 1. The summed E-state index contributed by atoms with van der Waals surface area (Å²) in [6, 6.07) is 5.01. The highest BCUT2D eigenvalue weighted by Crippen LogP contribution is 2.29. The van der Waals surface area contributed by atoms with E-state index in [4.69, 9.17) is 10.5 Å². The molecule has 0 aromatic heterocycles. The maximum absolute atomic E-state index is 11.6. The molecule has 4 heteroatoms. The summed E-state index contributed by atoms with van der Waals surface area (Å²) >= 11 is 0. The van der Waals surface area contributed by atoms with E-state index in [0.717, 1.165) is 5.56 Å². The number of benzene rings is 1. The lowest BCUT2D eigenvalue weighted by Gasteiger charge is -2.15. The van der Waals surface area contributed by atoms with E-state index in [1.165, 1.54) is 0 Å². The molecule has 1 aromatic carbocycles. The maximum Gasteiger partial charge on any atom is 0.245 e. The van der Waals surface area contributed by atoms with E-state index < -0.39 is 6.04 Å². The van der Waals surface area contributed by atoms with Gasteiger partial charge < -0.3 is 15.8 Å². The van der Waals surface area contributed by atoms with E-state index >= 15 is 0 Å². The van der Waals surface area contributed by atoms with Crippen LogP contribution in [0.15, 0.2) is 18.2 Å². The largest absolute Gasteiger partial charge is 0.486 e. The second-order valence-corrected chi connectivity index (χ2v) is 3.84. The van der Waals surface area contributed by atoms with Crippen LogP contribution in [0.25, 0.3) is 0 Å². The Hall–Kier alpha value is -1.55. The summed E-state index contributed by atoms with van der Waals surface area (Å²) in [5.74, 6) is 0.480. The van der Waals surface area contributed by atoms with E-state index in [-0.39, 0.29) is 12.0 Å². The first-order valence-electron chi connectivity index (χ1n) is 4.91. The van der Waals surface area contributed by atoms with Crippen molar-refractivity contribution in [1.82, 2.24) is 0 Å². The molecule has 1 aliphatic rings. The molecule has 0 aliphatic carbocycles. The van der Waals surface area contributed by atoms with Crippen molar-refractivity contribution in [2.45, 2.75) is 26.0 Å². The quantitative estimate of drug-likeness (QED) is 0.666. The molecule has 1 amide bonds. The second kappa shape index (κ2) is 3.55. The van der Waals surface area contributed by atoms with Crippen LogP contribution in [0.5, 0.6) is 5.75 Å². The fraction of sp³-hybridized carbons (Fsp3) is 0.364. The average molecular weight is 206 g/mol. The maximum atomic E-state index is 11.6. The summed E-state index contributed by atoms with van der Waals surface area (Å²) in [6.45, 7) is 3.77. The summed E-state index contributed by atoms with van der Waals surface area (Å²) in [5, 5.41) is 2.74. The number of carbonyl (C=O) groups excluding carboxylic acids is 1. The molecule has 1 heterocycles. The molecular formula is C11H14N2O2. The molecular weight excluding hydrogens is 192 g/mol. The Balaban J connectivity index is 2.42. The molecule has 1 aromatic rings. The van der Waals surface area contributed by atoms with Crippen molar-refractivity contribution in [2.24, 2.45) is 5.73 Å². The van der Waals surface area contributed by atoms with Crippen molar-refractivity contribution in [2.75, 3.05) is 5.32 Å². The van der Waals surface area contributed by atoms with E-state index in [2.05, 4.69) is 5.32 Å². The first-order chi connectivity index (χ1) is 7.08. The van der Waals surface area contributed by atoms with Gasteiger partial charge in [-0.1, -0.05) is 6.07 Å². The van der Waals surface area contributed by atoms with Crippen molar-refractivity contribution in [3.8, 4) is 5.75 Å². The molecule has 0 spiro atoms. The number of carbonyl (C=O) groups is 1. The molecule has 3 N–H and O–H groups in total. The van der Waals surface area contributed by atoms with Gasteiger partial charge in [0.2, 0.25) is 5.91 Å². The number of fused-ring (bicyclic) bond motifs is 1. The first-order valence-corrected chi connectivity index (χ1v) is 4.91.